The third-order valence-electron chi connectivity index (χ3n) is 2.90. The first-order chi connectivity index (χ1) is 10.2. The second-order valence-corrected chi connectivity index (χ2v) is 4.33. The third kappa shape index (κ3) is 3.46. The summed E-state index contributed by atoms with van der Waals surface area (Å²) in [6.07, 6.45) is 0.684. The minimum atomic E-state index is -0.637. The summed E-state index contributed by atoms with van der Waals surface area (Å²) in [6.45, 7) is 0.950. The quantitative estimate of drug-likeness (QED) is 0.605. The lowest BCUT2D eigenvalue weighted by Gasteiger charge is -2.11. The Bertz CT molecular complexity index is 645. The van der Waals surface area contributed by atoms with E-state index in [2.05, 4.69) is 9.72 Å². The highest BCUT2D eigenvalue weighted by Crippen LogP contribution is 2.27. The molecule has 0 aliphatic rings. The Morgan fingerprint density at radius 2 is 2.10 bits per heavy atom. The number of fused-ring (bicyclic) bond motifs is 1. The number of rotatable bonds is 6. The van der Waals surface area contributed by atoms with E-state index < -0.39 is 11.8 Å². The Hall–Kier alpha value is -2.21. The van der Waals surface area contributed by atoms with E-state index in [1.807, 2.05) is 0 Å². The van der Waals surface area contributed by atoms with Gasteiger partial charge in [-0.3, -0.25) is 0 Å². The number of carbonyl (C=O) groups excluding carboxylic acids is 1. The second kappa shape index (κ2) is 6.99. The molecule has 6 heteroatoms. The Kier molecular flexibility index (Phi) is 5.05. The van der Waals surface area contributed by atoms with Crippen molar-refractivity contribution in [1.82, 2.24) is 4.98 Å². The number of ether oxygens (including phenoxy) is 3. The first-order valence-corrected chi connectivity index (χ1v) is 6.46. The minimum Gasteiger partial charge on any atom is -0.493 e. The van der Waals surface area contributed by atoms with Gasteiger partial charge >= 0.3 is 5.97 Å². The average molecular weight is 293 g/mol. The predicted molar refractivity (Wildman–Crippen MR) is 75.0 cm³/mol. The molecule has 2 rings (SSSR count). The van der Waals surface area contributed by atoms with Gasteiger partial charge in [-0.1, -0.05) is 6.07 Å². The molecule has 0 aliphatic heterocycles. The van der Waals surface area contributed by atoms with E-state index in [1.54, 1.807) is 19.2 Å². The van der Waals surface area contributed by atoms with Gasteiger partial charge in [0.1, 0.15) is 17.1 Å². The van der Waals surface area contributed by atoms with Crippen molar-refractivity contribution in [3.63, 3.8) is 0 Å². The Balaban J connectivity index is 2.40. The Labute approximate surface area is 121 Å². The maximum atomic E-state index is 13.9. The molecular formula is C15H16FNO4. The summed E-state index contributed by atoms with van der Waals surface area (Å²) in [5.74, 6) is -0.752. The SMILES string of the molecule is COCCCOc1cc(C(=O)OC)nc2c(F)cccc12. The minimum absolute atomic E-state index is 0.0110. The van der Waals surface area contributed by atoms with E-state index in [9.17, 15) is 9.18 Å². The Morgan fingerprint density at radius 3 is 2.81 bits per heavy atom. The van der Waals surface area contributed by atoms with Crippen LogP contribution in [0.1, 0.15) is 16.9 Å². The molecule has 1 heterocycles. The maximum Gasteiger partial charge on any atom is 0.356 e. The number of methoxy groups -OCH3 is 2. The number of hydrogen-bond donors (Lipinski definition) is 0. The molecule has 0 saturated heterocycles. The van der Waals surface area contributed by atoms with Crippen molar-refractivity contribution < 1.29 is 23.4 Å². The van der Waals surface area contributed by atoms with Crippen LogP contribution in [-0.2, 0) is 9.47 Å². The van der Waals surface area contributed by atoms with Crippen LogP contribution in [0, 0.1) is 5.82 Å². The van der Waals surface area contributed by atoms with Crippen LogP contribution in [-0.4, -0.2) is 38.4 Å². The highest BCUT2D eigenvalue weighted by Gasteiger charge is 2.15. The van der Waals surface area contributed by atoms with Crippen LogP contribution >= 0.6 is 0 Å². The molecule has 21 heavy (non-hydrogen) atoms. The van der Waals surface area contributed by atoms with Crippen LogP contribution < -0.4 is 4.74 Å². The zero-order valence-electron chi connectivity index (χ0n) is 11.9. The summed E-state index contributed by atoms with van der Waals surface area (Å²) in [5.41, 5.74) is 0.0963. The lowest BCUT2D eigenvalue weighted by atomic mass is 10.1. The van der Waals surface area contributed by atoms with E-state index in [0.717, 1.165) is 0 Å². The molecule has 0 N–H and O–H groups in total. The topological polar surface area (TPSA) is 57.7 Å². The van der Waals surface area contributed by atoms with Crippen molar-refractivity contribution in [2.24, 2.45) is 0 Å². The molecule has 0 fully saturated rings. The highest BCUT2D eigenvalue weighted by atomic mass is 19.1. The molecule has 0 aliphatic carbocycles. The molecule has 1 aromatic heterocycles. The summed E-state index contributed by atoms with van der Waals surface area (Å²) in [5, 5.41) is 0.514. The van der Waals surface area contributed by atoms with Gasteiger partial charge in [-0.25, -0.2) is 14.2 Å². The first-order valence-electron chi connectivity index (χ1n) is 6.46. The summed E-state index contributed by atoms with van der Waals surface area (Å²) in [7, 11) is 2.85. The normalized spacial score (nSPS) is 10.6. The molecule has 0 amide bonds. The monoisotopic (exact) mass is 293 g/mol. The fourth-order valence-electron chi connectivity index (χ4n) is 1.90. The standard InChI is InChI=1S/C15H16FNO4/c1-19-7-4-8-21-13-9-12(15(18)20-2)17-14-10(13)5-3-6-11(14)16/h3,5-6,9H,4,7-8H2,1-2H3. The van der Waals surface area contributed by atoms with E-state index >= 15 is 0 Å². The van der Waals surface area contributed by atoms with Crippen molar-refractivity contribution in [2.75, 3.05) is 27.4 Å². The van der Waals surface area contributed by atoms with Crippen LogP contribution in [0.5, 0.6) is 5.75 Å². The van der Waals surface area contributed by atoms with Gasteiger partial charge in [0.05, 0.1) is 13.7 Å². The molecule has 2 aromatic rings. The average Bonchev–Trinajstić information content (AvgIpc) is 2.51. The van der Waals surface area contributed by atoms with Gasteiger partial charge < -0.3 is 14.2 Å². The molecule has 0 radical (unpaired) electrons. The summed E-state index contributed by atoms with van der Waals surface area (Å²) in [4.78, 5) is 15.6. The number of carbonyl (C=O) groups is 1. The van der Waals surface area contributed by atoms with Crippen LogP contribution in [0.4, 0.5) is 4.39 Å². The highest BCUT2D eigenvalue weighted by molar-refractivity contribution is 5.94. The molecule has 112 valence electrons. The van der Waals surface area contributed by atoms with E-state index in [4.69, 9.17) is 9.47 Å². The van der Waals surface area contributed by atoms with Gasteiger partial charge in [0.25, 0.3) is 0 Å². The van der Waals surface area contributed by atoms with Crippen LogP contribution in [0.25, 0.3) is 10.9 Å². The van der Waals surface area contributed by atoms with Gasteiger partial charge in [-0.15, -0.1) is 0 Å². The first kappa shape index (κ1) is 15.2. The fraction of sp³-hybridized carbons (Fsp3) is 0.333. The largest absolute Gasteiger partial charge is 0.493 e. The fourth-order valence-corrected chi connectivity index (χ4v) is 1.90. The van der Waals surface area contributed by atoms with Crippen LogP contribution in [0.3, 0.4) is 0 Å². The molecule has 1 aromatic carbocycles. The van der Waals surface area contributed by atoms with Gasteiger partial charge in [0, 0.05) is 31.6 Å². The van der Waals surface area contributed by atoms with Crippen molar-refractivity contribution in [1.29, 1.82) is 0 Å². The van der Waals surface area contributed by atoms with Crippen LogP contribution in [0.15, 0.2) is 24.3 Å². The molecular weight excluding hydrogens is 277 g/mol. The second-order valence-electron chi connectivity index (χ2n) is 4.33. The molecule has 0 unspecified atom stereocenters. The number of nitrogens with zero attached hydrogens (tertiary/aromatic N) is 1. The number of halogens is 1. The van der Waals surface area contributed by atoms with Crippen molar-refractivity contribution in [3.05, 3.63) is 35.8 Å². The zero-order chi connectivity index (χ0) is 15.2. The van der Waals surface area contributed by atoms with Crippen LogP contribution in [0.2, 0.25) is 0 Å². The molecule has 0 spiro atoms. The number of hydrogen-bond acceptors (Lipinski definition) is 5. The van der Waals surface area contributed by atoms with Gasteiger partial charge in [-0.2, -0.15) is 0 Å². The zero-order valence-corrected chi connectivity index (χ0v) is 11.9. The number of aromatic nitrogens is 1. The maximum absolute atomic E-state index is 13.9. The van der Waals surface area contributed by atoms with E-state index in [-0.39, 0.29) is 11.2 Å². The predicted octanol–water partition coefficient (Wildman–Crippen LogP) is 2.58. The molecule has 5 nitrogen and oxygen atoms in total. The number of esters is 1. The summed E-state index contributed by atoms with van der Waals surface area (Å²) >= 11 is 0. The number of benzene rings is 1. The van der Waals surface area contributed by atoms with Crippen molar-refractivity contribution >= 4 is 16.9 Å². The lowest BCUT2D eigenvalue weighted by molar-refractivity contribution is 0.0594. The van der Waals surface area contributed by atoms with Crippen molar-refractivity contribution in [3.8, 4) is 5.75 Å². The van der Waals surface area contributed by atoms with Gasteiger partial charge in [0.15, 0.2) is 5.69 Å². The van der Waals surface area contributed by atoms with Gasteiger partial charge in [-0.05, 0) is 12.1 Å². The number of para-hydroxylation sites is 1. The molecule has 0 bridgehead atoms. The smallest absolute Gasteiger partial charge is 0.356 e. The summed E-state index contributed by atoms with van der Waals surface area (Å²) < 4.78 is 29.0. The Morgan fingerprint density at radius 1 is 1.29 bits per heavy atom. The van der Waals surface area contributed by atoms with E-state index in [0.29, 0.717) is 30.8 Å². The van der Waals surface area contributed by atoms with Crippen molar-refractivity contribution in [2.45, 2.75) is 6.42 Å². The summed E-state index contributed by atoms with van der Waals surface area (Å²) in [6, 6.07) is 6.00. The number of pyridine rings is 1. The third-order valence-corrected chi connectivity index (χ3v) is 2.90. The van der Waals surface area contributed by atoms with E-state index in [1.165, 1.54) is 19.2 Å². The van der Waals surface area contributed by atoms with Gasteiger partial charge in [0.2, 0.25) is 0 Å². The lowest BCUT2D eigenvalue weighted by Crippen LogP contribution is -2.07. The molecule has 0 atom stereocenters. The molecule has 0 saturated carbocycles.